The molecule has 0 aromatic carbocycles. The van der Waals surface area contributed by atoms with E-state index in [0.717, 1.165) is 32.5 Å². The first-order valence-electron chi connectivity index (χ1n) is 7.56. The Kier molecular flexibility index (Phi) is 6.16. The fraction of sp³-hybridized carbons (Fsp3) is 0.769. The van der Waals surface area contributed by atoms with Crippen LogP contribution in [-0.4, -0.2) is 55.8 Å². The van der Waals surface area contributed by atoms with E-state index in [2.05, 4.69) is 14.7 Å². The van der Waals surface area contributed by atoms with Gasteiger partial charge in [0.2, 0.25) is 10.0 Å². The third kappa shape index (κ3) is 5.06. The van der Waals surface area contributed by atoms with Crippen molar-refractivity contribution >= 4 is 10.0 Å². The van der Waals surface area contributed by atoms with Gasteiger partial charge in [0.05, 0.1) is 6.20 Å². The monoisotopic (exact) mass is 315 g/mol. The molecule has 2 rings (SSSR count). The van der Waals surface area contributed by atoms with Crippen LogP contribution >= 0.6 is 0 Å². The molecule has 1 aromatic heterocycles. The molecule has 120 valence electrons. The Hall–Kier alpha value is -0.960. The van der Waals surface area contributed by atoms with Crippen molar-refractivity contribution in [2.75, 3.05) is 32.7 Å². The van der Waals surface area contributed by atoms with Crippen LogP contribution in [0.1, 0.15) is 25.7 Å². The quantitative estimate of drug-likeness (QED) is 0.626. The second-order valence-electron chi connectivity index (χ2n) is 5.38. The number of sulfonamides is 1. The number of nitrogens with two attached hydrogens (primary N) is 1. The predicted molar refractivity (Wildman–Crippen MR) is 81.4 cm³/mol. The number of hydrogen-bond acceptors (Lipinski definition) is 5. The summed E-state index contributed by atoms with van der Waals surface area (Å²) in [5.74, 6) is 0. The topological polar surface area (TPSA) is 93.2 Å². The molecule has 1 saturated heterocycles. The van der Waals surface area contributed by atoms with Crippen molar-refractivity contribution in [2.45, 2.75) is 37.1 Å². The van der Waals surface area contributed by atoms with Crippen molar-refractivity contribution in [1.82, 2.24) is 19.4 Å². The zero-order chi connectivity index (χ0) is 15.1. The van der Waals surface area contributed by atoms with Crippen molar-refractivity contribution in [2.24, 2.45) is 5.73 Å². The maximum absolute atomic E-state index is 12.1. The minimum Gasteiger partial charge on any atom is -0.330 e. The van der Waals surface area contributed by atoms with Gasteiger partial charge in [-0.05, 0) is 51.9 Å². The highest BCUT2D eigenvalue weighted by Gasteiger charge is 2.16. The van der Waals surface area contributed by atoms with Crippen LogP contribution in [-0.2, 0) is 16.6 Å². The predicted octanol–water partition coefficient (Wildman–Crippen LogP) is -0.00390. The SMILES string of the molecule is NCCCn1cc(S(=O)(=O)NCCCN2CCCC2)cn1. The van der Waals surface area contributed by atoms with E-state index in [-0.39, 0.29) is 4.90 Å². The molecule has 1 aliphatic heterocycles. The van der Waals surface area contributed by atoms with Crippen LogP contribution in [0.3, 0.4) is 0 Å². The van der Waals surface area contributed by atoms with E-state index >= 15 is 0 Å². The lowest BCUT2D eigenvalue weighted by molar-refractivity contribution is 0.334. The first-order valence-corrected chi connectivity index (χ1v) is 9.05. The molecule has 0 atom stereocenters. The van der Waals surface area contributed by atoms with E-state index in [0.29, 0.717) is 19.6 Å². The first-order chi connectivity index (χ1) is 10.1. The summed E-state index contributed by atoms with van der Waals surface area (Å²) >= 11 is 0. The lowest BCUT2D eigenvalue weighted by atomic mass is 10.4. The fourth-order valence-electron chi connectivity index (χ4n) is 2.46. The molecule has 21 heavy (non-hydrogen) atoms. The van der Waals surface area contributed by atoms with Gasteiger partial charge in [-0.3, -0.25) is 4.68 Å². The summed E-state index contributed by atoms with van der Waals surface area (Å²) in [5.41, 5.74) is 5.43. The van der Waals surface area contributed by atoms with Gasteiger partial charge in [0.25, 0.3) is 0 Å². The maximum atomic E-state index is 12.1. The Balaban J connectivity index is 1.76. The molecule has 7 nitrogen and oxygen atoms in total. The second-order valence-corrected chi connectivity index (χ2v) is 7.15. The number of likely N-dealkylation sites (tertiary alicyclic amines) is 1. The van der Waals surface area contributed by atoms with E-state index in [9.17, 15) is 8.42 Å². The smallest absolute Gasteiger partial charge is 0.243 e. The van der Waals surface area contributed by atoms with E-state index in [4.69, 9.17) is 5.73 Å². The molecule has 0 aliphatic carbocycles. The molecule has 3 N–H and O–H groups in total. The Morgan fingerprint density at radius 1 is 1.24 bits per heavy atom. The normalized spacial score (nSPS) is 16.6. The molecule has 1 aromatic rings. The standard InChI is InChI=1S/C13H25N5O2S/c14-5-3-10-18-12-13(11-15-18)21(19,20)16-6-4-9-17-7-1-2-8-17/h11-12,16H,1-10,14H2. The molecule has 0 bridgehead atoms. The number of nitrogens with zero attached hydrogens (tertiary/aromatic N) is 3. The Morgan fingerprint density at radius 2 is 2.00 bits per heavy atom. The fourth-order valence-corrected chi connectivity index (χ4v) is 3.48. The summed E-state index contributed by atoms with van der Waals surface area (Å²) in [6, 6.07) is 0. The third-order valence-electron chi connectivity index (χ3n) is 3.65. The molecule has 1 aliphatic rings. The number of aromatic nitrogens is 2. The van der Waals surface area contributed by atoms with Gasteiger partial charge in [-0.25, -0.2) is 13.1 Å². The molecular weight excluding hydrogens is 290 g/mol. The van der Waals surface area contributed by atoms with Crippen LogP contribution in [0.4, 0.5) is 0 Å². The summed E-state index contributed by atoms with van der Waals surface area (Å²) in [5, 5.41) is 4.04. The number of hydrogen-bond donors (Lipinski definition) is 2. The van der Waals surface area contributed by atoms with Crippen LogP contribution in [0.15, 0.2) is 17.3 Å². The van der Waals surface area contributed by atoms with E-state index in [1.165, 1.54) is 19.0 Å². The van der Waals surface area contributed by atoms with Crippen LogP contribution < -0.4 is 10.5 Å². The first kappa shape index (κ1) is 16.4. The van der Waals surface area contributed by atoms with Crippen molar-refractivity contribution in [3.63, 3.8) is 0 Å². The Labute approximate surface area is 126 Å². The van der Waals surface area contributed by atoms with E-state index in [1.807, 2.05) is 0 Å². The van der Waals surface area contributed by atoms with Gasteiger partial charge in [-0.2, -0.15) is 5.10 Å². The summed E-state index contributed by atoms with van der Waals surface area (Å²) in [4.78, 5) is 2.60. The van der Waals surface area contributed by atoms with Crippen LogP contribution in [0.5, 0.6) is 0 Å². The van der Waals surface area contributed by atoms with Crippen LogP contribution in [0, 0.1) is 0 Å². The van der Waals surface area contributed by atoms with Gasteiger partial charge >= 0.3 is 0 Å². The van der Waals surface area contributed by atoms with Crippen molar-refractivity contribution in [3.05, 3.63) is 12.4 Å². The largest absolute Gasteiger partial charge is 0.330 e. The van der Waals surface area contributed by atoms with E-state index in [1.54, 1.807) is 10.9 Å². The molecule has 0 saturated carbocycles. The summed E-state index contributed by atoms with van der Waals surface area (Å²) in [6.45, 7) is 4.91. The zero-order valence-electron chi connectivity index (χ0n) is 12.4. The molecule has 0 unspecified atom stereocenters. The third-order valence-corrected chi connectivity index (χ3v) is 5.07. The van der Waals surface area contributed by atoms with Gasteiger partial charge in [-0.15, -0.1) is 0 Å². The van der Waals surface area contributed by atoms with Gasteiger partial charge in [0.1, 0.15) is 4.90 Å². The Bertz CT molecular complexity index is 522. The summed E-state index contributed by atoms with van der Waals surface area (Å²) in [7, 11) is -3.44. The molecule has 1 fully saturated rings. The highest BCUT2D eigenvalue weighted by Crippen LogP contribution is 2.09. The van der Waals surface area contributed by atoms with Gasteiger partial charge in [0, 0.05) is 19.3 Å². The highest BCUT2D eigenvalue weighted by atomic mass is 32.2. The number of nitrogens with one attached hydrogen (secondary N) is 1. The molecule has 8 heteroatoms. The average Bonchev–Trinajstić information content (AvgIpc) is 3.13. The summed E-state index contributed by atoms with van der Waals surface area (Å²) in [6.07, 6.45) is 7.07. The number of rotatable bonds is 9. The van der Waals surface area contributed by atoms with Gasteiger partial charge < -0.3 is 10.6 Å². The van der Waals surface area contributed by atoms with E-state index < -0.39 is 10.0 Å². The van der Waals surface area contributed by atoms with Gasteiger partial charge in [-0.1, -0.05) is 0 Å². The summed E-state index contributed by atoms with van der Waals surface area (Å²) < 4.78 is 28.5. The van der Waals surface area contributed by atoms with Gasteiger partial charge in [0.15, 0.2) is 0 Å². The molecule has 2 heterocycles. The molecule has 0 spiro atoms. The molecule has 0 radical (unpaired) electrons. The molecule has 0 amide bonds. The van der Waals surface area contributed by atoms with Crippen molar-refractivity contribution in [1.29, 1.82) is 0 Å². The highest BCUT2D eigenvalue weighted by molar-refractivity contribution is 7.89. The van der Waals surface area contributed by atoms with Crippen molar-refractivity contribution < 1.29 is 8.42 Å². The second kappa shape index (κ2) is 7.88. The average molecular weight is 315 g/mol. The maximum Gasteiger partial charge on any atom is 0.243 e. The Morgan fingerprint density at radius 3 is 2.71 bits per heavy atom. The lowest BCUT2D eigenvalue weighted by Crippen LogP contribution is -2.28. The number of aryl methyl sites for hydroxylation is 1. The molecular formula is C13H25N5O2S. The van der Waals surface area contributed by atoms with Crippen molar-refractivity contribution in [3.8, 4) is 0 Å². The van der Waals surface area contributed by atoms with Crippen LogP contribution in [0.2, 0.25) is 0 Å². The van der Waals surface area contributed by atoms with Crippen LogP contribution in [0.25, 0.3) is 0 Å². The zero-order valence-corrected chi connectivity index (χ0v) is 13.2. The lowest BCUT2D eigenvalue weighted by Gasteiger charge is -2.14. The minimum atomic E-state index is -3.44. The minimum absolute atomic E-state index is 0.223.